The van der Waals surface area contributed by atoms with Gasteiger partial charge in [-0.05, 0) is 65.2 Å². The normalized spacial score (nSPS) is 11.4. The lowest BCUT2D eigenvalue weighted by Gasteiger charge is -2.09. The smallest absolute Gasteiger partial charge is 0.319 e. The Bertz CT molecular complexity index is 1680. The van der Waals surface area contributed by atoms with E-state index in [1.807, 2.05) is 53.2 Å². The van der Waals surface area contributed by atoms with E-state index in [1.165, 1.54) is 6.26 Å². The van der Waals surface area contributed by atoms with Gasteiger partial charge in [0.05, 0.1) is 16.8 Å². The summed E-state index contributed by atoms with van der Waals surface area (Å²) in [6.07, 6.45) is 4.97. The number of aromatic nitrogens is 2. The number of imidazole rings is 1. The molecule has 186 valence electrons. The van der Waals surface area contributed by atoms with Crippen LogP contribution < -0.4 is 10.6 Å². The van der Waals surface area contributed by atoms with Gasteiger partial charge in [0.2, 0.25) is 0 Å². The molecule has 9 heteroatoms. The third-order valence-electron chi connectivity index (χ3n) is 5.93. The van der Waals surface area contributed by atoms with Gasteiger partial charge in [-0.1, -0.05) is 48.0 Å². The molecule has 2 aromatic heterocycles. The molecule has 0 saturated heterocycles. The van der Waals surface area contributed by atoms with Gasteiger partial charge < -0.3 is 10.6 Å². The van der Waals surface area contributed by atoms with Crippen molar-refractivity contribution in [3.8, 4) is 22.4 Å². The fourth-order valence-corrected chi connectivity index (χ4v) is 4.71. The number of nitrogens with one attached hydrogen (secondary N) is 2. The number of fused-ring (bicyclic) bond motifs is 1. The molecule has 0 radical (unpaired) electrons. The number of sulfone groups is 1. The minimum Gasteiger partial charge on any atom is -0.334 e. The highest BCUT2D eigenvalue weighted by molar-refractivity contribution is 7.90. The Kier molecular flexibility index (Phi) is 6.69. The predicted octanol–water partition coefficient (Wildman–Crippen LogP) is 6.05. The van der Waals surface area contributed by atoms with Crippen LogP contribution >= 0.6 is 11.6 Å². The summed E-state index contributed by atoms with van der Waals surface area (Å²) in [4.78, 5) is 17.0. The average molecular weight is 531 g/mol. The van der Waals surface area contributed by atoms with E-state index >= 15 is 0 Å². The zero-order valence-corrected chi connectivity index (χ0v) is 21.4. The third-order valence-corrected chi connectivity index (χ3v) is 7.31. The van der Waals surface area contributed by atoms with Crippen LogP contribution in [0.2, 0.25) is 5.02 Å². The molecule has 0 aliphatic heterocycles. The fraction of sp³-hybridized carbons (Fsp3) is 0.0714. The Morgan fingerprint density at radius 2 is 1.57 bits per heavy atom. The summed E-state index contributed by atoms with van der Waals surface area (Å²) in [6, 6.07) is 25.3. The van der Waals surface area contributed by atoms with Crippen LogP contribution in [0.25, 0.3) is 28.0 Å². The van der Waals surface area contributed by atoms with E-state index in [9.17, 15) is 13.2 Å². The summed E-state index contributed by atoms with van der Waals surface area (Å²) < 4.78 is 25.4. The molecule has 0 aliphatic carbocycles. The van der Waals surface area contributed by atoms with Crippen molar-refractivity contribution in [1.29, 1.82) is 0 Å². The van der Waals surface area contributed by atoms with Crippen molar-refractivity contribution >= 4 is 38.8 Å². The van der Waals surface area contributed by atoms with Crippen molar-refractivity contribution in [1.82, 2.24) is 14.7 Å². The highest BCUT2D eigenvalue weighted by Crippen LogP contribution is 2.26. The van der Waals surface area contributed by atoms with Gasteiger partial charge in [-0.15, -0.1) is 0 Å². The number of carbonyl (C=O) groups is 1. The molecule has 3 aromatic carbocycles. The first-order chi connectivity index (χ1) is 17.8. The number of carbonyl (C=O) groups excluding carboxylic acids is 1. The largest absolute Gasteiger partial charge is 0.334 e. The quantitative estimate of drug-likeness (QED) is 0.279. The Morgan fingerprint density at radius 3 is 2.24 bits per heavy atom. The van der Waals surface area contributed by atoms with Crippen LogP contribution in [-0.2, 0) is 16.4 Å². The van der Waals surface area contributed by atoms with E-state index in [0.717, 1.165) is 33.6 Å². The predicted molar refractivity (Wildman–Crippen MR) is 146 cm³/mol. The molecule has 0 spiro atoms. The number of nitrogens with zero attached hydrogens (tertiary/aromatic N) is 2. The number of urea groups is 1. The molecule has 2 amide bonds. The zero-order chi connectivity index (χ0) is 26.0. The van der Waals surface area contributed by atoms with Crippen molar-refractivity contribution in [2.75, 3.05) is 11.6 Å². The van der Waals surface area contributed by atoms with Gasteiger partial charge in [0, 0.05) is 35.3 Å². The second-order valence-electron chi connectivity index (χ2n) is 8.60. The maximum atomic E-state index is 12.2. The highest BCUT2D eigenvalue weighted by atomic mass is 35.5. The zero-order valence-electron chi connectivity index (χ0n) is 19.9. The molecule has 0 unspecified atom stereocenters. The maximum absolute atomic E-state index is 12.2. The van der Waals surface area contributed by atoms with Gasteiger partial charge in [-0.25, -0.2) is 18.2 Å². The Balaban J connectivity index is 1.27. The number of pyridine rings is 1. The van der Waals surface area contributed by atoms with E-state index in [1.54, 1.807) is 48.5 Å². The molecule has 0 saturated carbocycles. The molecule has 2 heterocycles. The van der Waals surface area contributed by atoms with Crippen molar-refractivity contribution < 1.29 is 13.2 Å². The lowest BCUT2D eigenvalue weighted by molar-refractivity contribution is 0.251. The Hall–Kier alpha value is -4.14. The van der Waals surface area contributed by atoms with Crippen molar-refractivity contribution in [3.63, 3.8) is 0 Å². The van der Waals surface area contributed by atoms with Crippen LogP contribution in [0.5, 0.6) is 0 Å². The number of rotatable bonds is 6. The summed E-state index contributed by atoms with van der Waals surface area (Å²) in [5.41, 5.74) is 6.20. The van der Waals surface area contributed by atoms with Crippen LogP contribution in [0.3, 0.4) is 0 Å². The molecule has 0 atom stereocenters. The standard InChI is InChI=1S/C28H23ClN4O3S/c1-37(35,36)25-12-6-20(7-13-25)22-14-15-33-26(18-30-27(33)16-22)21-4-2-19(3-5-21)17-31-28(34)32-24-10-8-23(29)9-11-24/h2-16,18H,17H2,1H3,(H2,31,32,34). The Labute approximate surface area is 219 Å². The Morgan fingerprint density at radius 1 is 0.892 bits per heavy atom. The fourth-order valence-electron chi connectivity index (χ4n) is 3.95. The molecule has 5 rings (SSSR count). The minimum atomic E-state index is -3.23. The summed E-state index contributed by atoms with van der Waals surface area (Å²) in [5.74, 6) is 0. The number of anilines is 1. The topological polar surface area (TPSA) is 92.6 Å². The molecule has 7 nitrogen and oxygen atoms in total. The monoisotopic (exact) mass is 530 g/mol. The molecular weight excluding hydrogens is 508 g/mol. The highest BCUT2D eigenvalue weighted by Gasteiger charge is 2.10. The molecule has 2 N–H and O–H groups in total. The van der Waals surface area contributed by atoms with Gasteiger partial charge >= 0.3 is 6.03 Å². The van der Waals surface area contributed by atoms with E-state index in [-0.39, 0.29) is 6.03 Å². The second kappa shape index (κ2) is 10.1. The first-order valence-corrected chi connectivity index (χ1v) is 13.7. The summed E-state index contributed by atoms with van der Waals surface area (Å²) in [6.45, 7) is 0.383. The van der Waals surface area contributed by atoms with Crippen LogP contribution in [0.4, 0.5) is 10.5 Å². The SMILES string of the molecule is CS(=O)(=O)c1ccc(-c2ccn3c(-c4ccc(CNC(=O)Nc5ccc(Cl)cc5)cc4)cnc3c2)cc1. The van der Waals surface area contributed by atoms with Crippen molar-refractivity contribution in [2.45, 2.75) is 11.4 Å². The van der Waals surface area contributed by atoms with Gasteiger partial charge in [0.15, 0.2) is 9.84 Å². The molecular formula is C28H23ClN4O3S. The first-order valence-electron chi connectivity index (χ1n) is 11.4. The summed E-state index contributed by atoms with van der Waals surface area (Å²) >= 11 is 5.87. The summed E-state index contributed by atoms with van der Waals surface area (Å²) in [7, 11) is -3.23. The van der Waals surface area contributed by atoms with Crippen molar-refractivity contribution in [2.24, 2.45) is 0 Å². The number of hydrogen-bond acceptors (Lipinski definition) is 4. The van der Waals surface area contributed by atoms with Crippen LogP contribution in [0.1, 0.15) is 5.56 Å². The number of halogens is 1. The van der Waals surface area contributed by atoms with Crippen LogP contribution in [0, 0.1) is 0 Å². The average Bonchev–Trinajstić information content (AvgIpc) is 3.32. The minimum absolute atomic E-state index is 0.293. The third kappa shape index (κ3) is 5.66. The molecule has 0 bridgehead atoms. The van der Waals surface area contributed by atoms with Crippen LogP contribution in [-0.4, -0.2) is 30.1 Å². The van der Waals surface area contributed by atoms with Gasteiger partial charge in [-0.2, -0.15) is 0 Å². The summed E-state index contributed by atoms with van der Waals surface area (Å²) in [5, 5.41) is 6.23. The number of hydrogen-bond donors (Lipinski definition) is 2. The van der Waals surface area contributed by atoms with E-state index in [2.05, 4.69) is 15.6 Å². The maximum Gasteiger partial charge on any atom is 0.319 e. The lowest BCUT2D eigenvalue weighted by atomic mass is 10.1. The van der Waals surface area contributed by atoms with E-state index in [0.29, 0.717) is 22.2 Å². The lowest BCUT2D eigenvalue weighted by Crippen LogP contribution is -2.28. The molecule has 0 aliphatic rings. The van der Waals surface area contributed by atoms with Crippen molar-refractivity contribution in [3.05, 3.63) is 108 Å². The number of benzene rings is 3. The second-order valence-corrected chi connectivity index (χ2v) is 11.0. The van der Waals surface area contributed by atoms with Gasteiger partial charge in [0.25, 0.3) is 0 Å². The molecule has 5 aromatic rings. The molecule has 37 heavy (non-hydrogen) atoms. The first kappa shape index (κ1) is 24.5. The molecule has 0 fully saturated rings. The number of amides is 2. The van der Waals surface area contributed by atoms with Gasteiger partial charge in [0.1, 0.15) is 5.65 Å². The van der Waals surface area contributed by atoms with Gasteiger partial charge in [-0.3, -0.25) is 4.40 Å². The van der Waals surface area contributed by atoms with Crippen LogP contribution in [0.15, 0.2) is 102 Å². The van der Waals surface area contributed by atoms with E-state index < -0.39 is 9.84 Å². The van der Waals surface area contributed by atoms with E-state index in [4.69, 9.17) is 11.6 Å².